The zero-order valence-corrected chi connectivity index (χ0v) is 12.2. The molecule has 2 nitrogen and oxygen atoms in total. The van der Waals surface area contributed by atoms with E-state index in [0.717, 1.165) is 24.0 Å². The first kappa shape index (κ1) is 13.6. The van der Waals surface area contributed by atoms with E-state index in [1.807, 2.05) is 60.7 Å². The van der Waals surface area contributed by atoms with Gasteiger partial charge in [0.15, 0.2) is 0 Å². The number of aliphatic hydroxyl groups excluding tert-OH is 1. The molecule has 0 amide bonds. The molecule has 0 unspecified atom stereocenters. The molecule has 1 fully saturated rings. The van der Waals surface area contributed by atoms with Crippen molar-refractivity contribution in [1.29, 1.82) is 0 Å². The summed E-state index contributed by atoms with van der Waals surface area (Å²) in [5.41, 5.74) is 2.20. The highest BCUT2D eigenvalue weighted by Gasteiger charge is 2.46. The summed E-state index contributed by atoms with van der Waals surface area (Å²) in [5.74, 6) is 0. The summed E-state index contributed by atoms with van der Waals surface area (Å²) in [4.78, 5) is 0. The van der Waals surface area contributed by atoms with Crippen molar-refractivity contribution in [2.45, 2.75) is 24.2 Å². The lowest BCUT2D eigenvalue weighted by Gasteiger charge is -2.24. The zero-order valence-electron chi connectivity index (χ0n) is 11.4. The molecule has 0 radical (unpaired) electrons. The van der Waals surface area contributed by atoms with Crippen molar-refractivity contribution in [1.82, 2.24) is 0 Å². The lowest BCUT2D eigenvalue weighted by molar-refractivity contribution is 0.355. The first-order valence-corrected chi connectivity index (χ1v) is 9.08. The van der Waals surface area contributed by atoms with Gasteiger partial charge in [-0.3, -0.25) is 0 Å². The summed E-state index contributed by atoms with van der Waals surface area (Å²) in [6.07, 6.45) is 1.58. The van der Waals surface area contributed by atoms with E-state index in [-0.39, 0.29) is 17.7 Å². The minimum Gasteiger partial charge on any atom is -0.389 e. The lowest BCUT2D eigenvalue weighted by Crippen LogP contribution is -2.02. The van der Waals surface area contributed by atoms with Crippen molar-refractivity contribution in [3.05, 3.63) is 71.8 Å². The van der Waals surface area contributed by atoms with Crippen LogP contribution in [0.5, 0.6) is 0 Å². The Kier molecular flexibility index (Phi) is 3.78. The van der Waals surface area contributed by atoms with Gasteiger partial charge in [0, 0.05) is 11.3 Å². The van der Waals surface area contributed by atoms with E-state index >= 15 is 0 Å². The van der Waals surface area contributed by atoms with Crippen LogP contribution >= 0.6 is 7.14 Å². The molecule has 0 spiro atoms. The monoisotopic (exact) mass is 286 g/mol. The quantitative estimate of drug-likeness (QED) is 0.839. The van der Waals surface area contributed by atoms with Crippen LogP contribution in [0.25, 0.3) is 0 Å². The third kappa shape index (κ3) is 2.24. The van der Waals surface area contributed by atoms with Gasteiger partial charge in [-0.05, 0) is 24.0 Å². The van der Waals surface area contributed by atoms with Gasteiger partial charge in [0.25, 0.3) is 0 Å². The SMILES string of the molecule is O=P1(CO)[C@H](c2ccccc2)CC[C@H]1c1ccccc1. The average molecular weight is 286 g/mol. The molecule has 1 saturated heterocycles. The molecular formula is C17H19O2P. The Morgan fingerprint density at radius 3 is 1.60 bits per heavy atom. The van der Waals surface area contributed by atoms with E-state index in [0.29, 0.717) is 0 Å². The van der Waals surface area contributed by atoms with Crippen LogP contribution in [0, 0.1) is 0 Å². The molecule has 3 rings (SSSR count). The Balaban J connectivity index is 1.99. The van der Waals surface area contributed by atoms with Crippen LogP contribution in [0.4, 0.5) is 0 Å². The Labute approximate surface area is 119 Å². The van der Waals surface area contributed by atoms with E-state index in [1.165, 1.54) is 0 Å². The van der Waals surface area contributed by atoms with Crippen LogP contribution < -0.4 is 0 Å². The third-order valence-corrected chi connectivity index (χ3v) is 8.02. The smallest absolute Gasteiger partial charge is 0.126 e. The number of benzene rings is 2. The van der Waals surface area contributed by atoms with Crippen molar-refractivity contribution in [3.8, 4) is 0 Å². The molecule has 20 heavy (non-hydrogen) atoms. The van der Waals surface area contributed by atoms with Crippen LogP contribution in [0.2, 0.25) is 0 Å². The predicted octanol–water partition coefficient (Wildman–Crippen LogP) is 4.58. The normalized spacial score (nSPS) is 24.6. The third-order valence-electron chi connectivity index (χ3n) is 4.36. The van der Waals surface area contributed by atoms with Gasteiger partial charge in [-0.2, -0.15) is 0 Å². The first-order valence-electron chi connectivity index (χ1n) is 7.05. The maximum atomic E-state index is 13.4. The molecule has 2 aromatic rings. The fourth-order valence-corrected chi connectivity index (χ4v) is 6.71. The van der Waals surface area contributed by atoms with Gasteiger partial charge in [0.05, 0.1) is 6.35 Å². The molecule has 0 saturated carbocycles. The van der Waals surface area contributed by atoms with Crippen LogP contribution in [0.15, 0.2) is 60.7 Å². The van der Waals surface area contributed by atoms with Gasteiger partial charge >= 0.3 is 0 Å². The Bertz CT molecular complexity index is 558. The van der Waals surface area contributed by atoms with Crippen LogP contribution in [-0.4, -0.2) is 11.5 Å². The van der Waals surface area contributed by atoms with Crippen LogP contribution in [-0.2, 0) is 4.57 Å². The molecule has 2 atom stereocenters. The topological polar surface area (TPSA) is 37.3 Å². The van der Waals surface area contributed by atoms with Crippen LogP contribution in [0.3, 0.4) is 0 Å². The molecule has 1 heterocycles. The van der Waals surface area contributed by atoms with Gasteiger partial charge in [0.1, 0.15) is 7.14 Å². The van der Waals surface area contributed by atoms with Crippen molar-refractivity contribution in [3.63, 3.8) is 0 Å². The summed E-state index contributed by atoms with van der Waals surface area (Å²) in [6.45, 7) is 0. The molecule has 104 valence electrons. The summed E-state index contributed by atoms with van der Waals surface area (Å²) in [5, 5.41) is 9.83. The fraction of sp³-hybridized carbons (Fsp3) is 0.294. The maximum absolute atomic E-state index is 13.4. The average Bonchev–Trinajstić information content (AvgIpc) is 2.87. The van der Waals surface area contributed by atoms with Gasteiger partial charge in [-0.15, -0.1) is 0 Å². The van der Waals surface area contributed by atoms with Crippen molar-refractivity contribution >= 4 is 7.14 Å². The van der Waals surface area contributed by atoms with Crippen molar-refractivity contribution in [2.75, 3.05) is 6.35 Å². The van der Waals surface area contributed by atoms with Gasteiger partial charge < -0.3 is 9.67 Å². The summed E-state index contributed by atoms with van der Waals surface area (Å²) >= 11 is 0. The molecule has 1 aliphatic rings. The maximum Gasteiger partial charge on any atom is 0.126 e. The lowest BCUT2D eigenvalue weighted by atomic mass is 10.0. The van der Waals surface area contributed by atoms with Gasteiger partial charge in [-0.1, -0.05) is 60.7 Å². The van der Waals surface area contributed by atoms with E-state index in [4.69, 9.17) is 0 Å². The van der Waals surface area contributed by atoms with Crippen molar-refractivity contribution < 1.29 is 9.67 Å². The Morgan fingerprint density at radius 2 is 1.25 bits per heavy atom. The highest BCUT2D eigenvalue weighted by atomic mass is 31.2. The second-order valence-electron chi connectivity index (χ2n) is 5.43. The minimum atomic E-state index is -2.66. The van der Waals surface area contributed by atoms with Crippen molar-refractivity contribution in [2.24, 2.45) is 0 Å². The fourth-order valence-electron chi connectivity index (χ4n) is 3.36. The molecule has 1 N–H and O–H groups in total. The van der Waals surface area contributed by atoms with E-state index < -0.39 is 7.14 Å². The minimum absolute atomic E-state index is 0.00101. The van der Waals surface area contributed by atoms with Gasteiger partial charge in [0.2, 0.25) is 0 Å². The highest BCUT2D eigenvalue weighted by Crippen LogP contribution is 2.75. The number of aliphatic hydroxyl groups is 1. The second kappa shape index (κ2) is 5.55. The van der Waals surface area contributed by atoms with Crippen LogP contribution in [0.1, 0.15) is 35.3 Å². The molecular weight excluding hydrogens is 267 g/mol. The molecule has 1 aliphatic heterocycles. The van der Waals surface area contributed by atoms with E-state index in [1.54, 1.807) is 0 Å². The Hall–Kier alpha value is -1.37. The molecule has 0 bridgehead atoms. The first-order chi connectivity index (χ1) is 9.75. The second-order valence-corrected chi connectivity index (χ2v) is 8.66. The number of rotatable bonds is 3. The summed E-state index contributed by atoms with van der Waals surface area (Å²) in [6, 6.07) is 20.0. The van der Waals surface area contributed by atoms with Gasteiger partial charge in [-0.25, -0.2) is 0 Å². The number of hydrogen-bond acceptors (Lipinski definition) is 2. The summed E-state index contributed by atoms with van der Waals surface area (Å²) in [7, 11) is -2.66. The molecule has 3 heteroatoms. The predicted molar refractivity (Wildman–Crippen MR) is 82.3 cm³/mol. The summed E-state index contributed by atoms with van der Waals surface area (Å²) < 4.78 is 13.4. The molecule has 0 aromatic heterocycles. The van der Waals surface area contributed by atoms with E-state index in [9.17, 15) is 9.67 Å². The molecule has 2 aromatic carbocycles. The van der Waals surface area contributed by atoms with E-state index in [2.05, 4.69) is 0 Å². The Morgan fingerprint density at radius 1 is 0.850 bits per heavy atom. The number of hydrogen-bond donors (Lipinski definition) is 1. The highest BCUT2D eigenvalue weighted by molar-refractivity contribution is 7.64. The standard InChI is InChI=1S/C17H19O2P/c18-13-20(19)16(14-7-3-1-4-8-14)11-12-17(20)15-9-5-2-6-10-15/h1-10,16-18H,11-13H2/t16-,17-/m0/s1. The zero-order chi connectivity index (χ0) is 14.0. The molecule has 0 aliphatic carbocycles. The largest absolute Gasteiger partial charge is 0.389 e.